The van der Waals surface area contributed by atoms with Crippen molar-refractivity contribution in [2.24, 2.45) is 0 Å². The number of hydroxylamine groups is 1. The van der Waals surface area contributed by atoms with Gasteiger partial charge in [0.25, 0.3) is 0 Å². The number of hydrogen-bond acceptors (Lipinski definition) is 8. The first-order chi connectivity index (χ1) is 20.4. The van der Waals surface area contributed by atoms with E-state index >= 15 is 0 Å². The van der Waals surface area contributed by atoms with Crippen LogP contribution in [0.2, 0.25) is 0 Å². The van der Waals surface area contributed by atoms with Gasteiger partial charge in [-0.05, 0) is 60.9 Å². The summed E-state index contributed by atoms with van der Waals surface area (Å²) >= 11 is 0. The van der Waals surface area contributed by atoms with Gasteiger partial charge in [-0.25, -0.2) is 19.9 Å². The summed E-state index contributed by atoms with van der Waals surface area (Å²) in [6.45, 7) is 11.9. The van der Waals surface area contributed by atoms with E-state index in [2.05, 4.69) is 46.9 Å². The number of carbonyl (C=O) groups is 2. The van der Waals surface area contributed by atoms with Crippen LogP contribution in [-0.4, -0.2) is 38.8 Å². The number of nitrogens with one attached hydrogen (secondary N) is 3. The molecule has 0 fully saturated rings. The van der Waals surface area contributed by atoms with Crippen molar-refractivity contribution in [1.29, 1.82) is 0 Å². The Morgan fingerprint density at radius 3 is 2.42 bits per heavy atom. The number of hydrogen-bond donors (Lipinski definition) is 3. The van der Waals surface area contributed by atoms with Crippen LogP contribution >= 0.6 is 0 Å². The van der Waals surface area contributed by atoms with Gasteiger partial charge < -0.3 is 14.8 Å². The smallest absolute Gasteiger partial charge is 0.324 e. The molecule has 0 radical (unpaired) electrons. The highest BCUT2D eigenvalue weighted by atomic mass is 16.6. The summed E-state index contributed by atoms with van der Waals surface area (Å²) in [5, 5.41) is 10.6. The Kier molecular flexibility index (Phi) is 9.61. The Morgan fingerprint density at radius 2 is 1.74 bits per heavy atom. The molecule has 0 unspecified atom stereocenters. The summed E-state index contributed by atoms with van der Waals surface area (Å²) in [6, 6.07) is 12.3. The zero-order chi connectivity index (χ0) is 31.1. The molecule has 4 rings (SSSR count). The van der Waals surface area contributed by atoms with Crippen molar-refractivity contribution >= 4 is 23.4 Å². The van der Waals surface area contributed by atoms with Crippen molar-refractivity contribution in [3.63, 3.8) is 0 Å². The second-order valence-electron chi connectivity index (χ2n) is 11.0. The minimum atomic E-state index is -0.412. The van der Waals surface area contributed by atoms with E-state index in [-0.39, 0.29) is 17.9 Å². The van der Waals surface area contributed by atoms with Gasteiger partial charge in [0.15, 0.2) is 0 Å². The molecule has 0 bridgehead atoms. The summed E-state index contributed by atoms with van der Waals surface area (Å²) in [7, 11) is 1.55. The van der Waals surface area contributed by atoms with Crippen LogP contribution in [0.15, 0.2) is 54.9 Å². The lowest BCUT2D eigenvalue weighted by Crippen LogP contribution is -2.22. The molecule has 0 saturated carbocycles. The fourth-order valence-corrected chi connectivity index (χ4v) is 4.08. The molecule has 43 heavy (non-hydrogen) atoms. The van der Waals surface area contributed by atoms with Gasteiger partial charge in [-0.3, -0.25) is 19.9 Å². The Morgan fingerprint density at radius 1 is 0.953 bits per heavy atom. The predicted molar refractivity (Wildman–Crippen MR) is 162 cm³/mol. The fourth-order valence-electron chi connectivity index (χ4n) is 4.08. The number of methoxy groups -OCH3 is 1. The molecule has 12 nitrogen and oxygen atoms in total. The molecule has 0 aliphatic carbocycles. The molecule has 0 atom stereocenters. The Labute approximate surface area is 250 Å². The SMILES string of the molecule is COc1ccc(-n2nc(C(C)(C)C)cc2NC(=O)Nc2ccc(OCc3ccnc(CONC(C)=O)c3)c(C)c2C)cn1. The van der Waals surface area contributed by atoms with Crippen LogP contribution in [-0.2, 0) is 28.3 Å². The molecule has 3 aromatic heterocycles. The minimum absolute atomic E-state index is 0.142. The van der Waals surface area contributed by atoms with Crippen LogP contribution in [0.3, 0.4) is 0 Å². The molecule has 0 spiro atoms. The molecule has 3 heterocycles. The number of amides is 3. The van der Waals surface area contributed by atoms with Crippen molar-refractivity contribution in [3.8, 4) is 17.3 Å². The van der Waals surface area contributed by atoms with Crippen LogP contribution < -0.4 is 25.6 Å². The number of ether oxygens (including phenoxy) is 2. The van der Waals surface area contributed by atoms with Gasteiger partial charge in [0.05, 0.1) is 30.4 Å². The van der Waals surface area contributed by atoms with Gasteiger partial charge in [-0.1, -0.05) is 20.8 Å². The normalized spacial score (nSPS) is 11.1. The number of nitrogens with zero attached hydrogens (tertiary/aromatic N) is 4. The number of anilines is 2. The first-order valence-electron chi connectivity index (χ1n) is 13.7. The van der Waals surface area contributed by atoms with E-state index in [4.69, 9.17) is 19.4 Å². The second-order valence-corrected chi connectivity index (χ2v) is 11.0. The summed E-state index contributed by atoms with van der Waals surface area (Å²) < 4.78 is 12.9. The van der Waals surface area contributed by atoms with Crippen molar-refractivity contribution in [2.45, 2.75) is 60.2 Å². The van der Waals surface area contributed by atoms with E-state index in [1.165, 1.54) is 6.92 Å². The Hall–Kier alpha value is -4.97. The van der Waals surface area contributed by atoms with E-state index < -0.39 is 6.03 Å². The summed E-state index contributed by atoms with van der Waals surface area (Å²) in [6.07, 6.45) is 3.30. The van der Waals surface area contributed by atoms with E-state index in [1.807, 2.05) is 50.2 Å². The average Bonchev–Trinajstić information content (AvgIpc) is 3.39. The molecule has 4 aromatic rings. The van der Waals surface area contributed by atoms with Crippen LogP contribution in [0, 0.1) is 13.8 Å². The summed E-state index contributed by atoms with van der Waals surface area (Å²) in [5.41, 5.74) is 7.51. The minimum Gasteiger partial charge on any atom is -0.489 e. The van der Waals surface area contributed by atoms with Crippen LogP contribution in [0.5, 0.6) is 11.6 Å². The van der Waals surface area contributed by atoms with Crippen molar-refractivity contribution < 1.29 is 23.9 Å². The second kappa shape index (κ2) is 13.3. The Bertz CT molecular complexity index is 1590. The first-order valence-corrected chi connectivity index (χ1v) is 13.7. The van der Waals surface area contributed by atoms with Gasteiger partial charge >= 0.3 is 6.03 Å². The number of aromatic nitrogens is 4. The lowest BCUT2D eigenvalue weighted by Gasteiger charge is -2.16. The summed E-state index contributed by atoms with van der Waals surface area (Å²) in [5.74, 6) is 1.39. The Balaban J connectivity index is 1.44. The lowest BCUT2D eigenvalue weighted by atomic mass is 9.92. The maximum absolute atomic E-state index is 13.2. The standard InChI is InChI=1S/C31H37N7O5/c1-19-20(2)26(42-17-22-12-13-32-23(14-22)18-43-37-21(3)39)10-9-25(19)34-30(40)35-28-15-27(31(4,5)6)36-38(28)24-8-11-29(41-7)33-16-24/h8-16H,17-18H2,1-7H3,(H,37,39)(H2,34,35,40). The third-order valence-corrected chi connectivity index (χ3v) is 6.59. The van der Waals surface area contributed by atoms with Gasteiger partial charge in [0.2, 0.25) is 11.8 Å². The van der Waals surface area contributed by atoms with Gasteiger partial charge in [0, 0.05) is 36.4 Å². The topological polar surface area (TPSA) is 142 Å². The maximum atomic E-state index is 13.2. The molecule has 0 saturated heterocycles. The predicted octanol–water partition coefficient (Wildman–Crippen LogP) is 5.38. The van der Waals surface area contributed by atoms with Crippen LogP contribution in [0.4, 0.5) is 16.3 Å². The molecule has 12 heteroatoms. The van der Waals surface area contributed by atoms with Crippen molar-refractivity contribution in [3.05, 3.63) is 82.9 Å². The highest BCUT2D eigenvalue weighted by molar-refractivity contribution is 6.00. The number of carbonyl (C=O) groups excluding carboxylic acids is 2. The molecule has 226 valence electrons. The fraction of sp³-hybridized carbons (Fsp3) is 0.323. The molecule has 0 aliphatic heterocycles. The number of benzene rings is 1. The molecule has 3 N–H and O–H groups in total. The number of pyridine rings is 2. The monoisotopic (exact) mass is 587 g/mol. The van der Waals surface area contributed by atoms with E-state index in [9.17, 15) is 9.59 Å². The van der Waals surface area contributed by atoms with Crippen LogP contribution in [0.1, 0.15) is 55.8 Å². The molecule has 3 amide bonds. The van der Waals surface area contributed by atoms with Gasteiger partial charge in [-0.15, -0.1) is 0 Å². The number of rotatable bonds is 10. The first kappa shape index (κ1) is 31.0. The van der Waals surface area contributed by atoms with E-state index in [0.29, 0.717) is 41.1 Å². The summed E-state index contributed by atoms with van der Waals surface area (Å²) in [4.78, 5) is 37.8. The lowest BCUT2D eigenvalue weighted by molar-refractivity contribution is -0.132. The van der Waals surface area contributed by atoms with Crippen molar-refractivity contribution in [2.75, 3.05) is 17.7 Å². The molecular formula is C31H37N7O5. The van der Waals surface area contributed by atoms with Crippen molar-refractivity contribution in [1.82, 2.24) is 25.2 Å². The molecular weight excluding hydrogens is 550 g/mol. The van der Waals surface area contributed by atoms with E-state index in [1.54, 1.807) is 30.3 Å². The quantitative estimate of drug-likeness (QED) is 0.210. The maximum Gasteiger partial charge on any atom is 0.324 e. The average molecular weight is 588 g/mol. The highest BCUT2D eigenvalue weighted by Gasteiger charge is 2.22. The molecule has 0 aliphatic rings. The third kappa shape index (κ3) is 8.07. The van der Waals surface area contributed by atoms with E-state index in [0.717, 1.165) is 22.4 Å². The zero-order valence-electron chi connectivity index (χ0n) is 25.4. The molecule has 1 aromatic carbocycles. The van der Waals surface area contributed by atoms with Gasteiger partial charge in [0.1, 0.15) is 24.8 Å². The zero-order valence-corrected chi connectivity index (χ0v) is 25.4. The number of urea groups is 1. The third-order valence-electron chi connectivity index (χ3n) is 6.59. The largest absolute Gasteiger partial charge is 0.489 e. The van der Waals surface area contributed by atoms with Gasteiger partial charge in [-0.2, -0.15) is 5.10 Å². The van der Waals surface area contributed by atoms with Crippen LogP contribution in [0.25, 0.3) is 5.69 Å². The highest BCUT2D eigenvalue weighted by Crippen LogP contribution is 2.30.